The summed E-state index contributed by atoms with van der Waals surface area (Å²) in [4.78, 5) is 2.43. The molecule has 1 unspecified atom stereocenters. The van der Waals surface area contributed by atoms with Crippen LogP contribution in [0.5, 0.6) is 0 Å². The van der Waals surface area contributed by atoms with E-state index in [0.717, 1.165) is 26.2 Å². The van der Waals surface area contributed by atoms with Crippen molar-refractivity contribution in [3.8, 4) is 0 Å². The Balaban J connectivity index is 2.27. The second-order valence-corrected chi connectivity index (χ2v) is 5.52. The smallest absolute Gasteiger partial charge is 0.0587 e. The molecular weight excluding hydrogens is 224 g/mol. The Labute approximate surface area is 113 Å². The van der Waals surface area contributed by atoms with Crippen LogP contribution in [0.3, 0.4) is 0 Å². The Hall–Kier alpha value is -0.120. The summed E-state index contributed by atoms with van der Waals surface area (Å²) in [7, 11) is 0. The molecule has 1 saturated carbocycles. The molecule has 0 spiro atoms. The molecular formula is C15H32N2O. The lowest BCUT2D eigenvalue weighted by Gasteiger charge is -2.27. The number of aliphatic hydroxyl groups excluding tert-OH is 1. The monoisotopic (exact) mass is 256 g/mol. The van der Waals surface area contributed by atoms with Crippen molar-refractivity contribution in [2.45, 2.75) is 58.4 Å². The third-order valence-electron chi connectivity index (χ3n) is 4.39. The second-order valence-electron chi connectivity index (χ2n) is 5.52. The van der Waals surface area contributed by atoms with Crippen LogP contribution in [0.1, 0.15) is 52.4 Å². The van der Waals surface area contributed by atoms with E-state index in [1.54, 1.807) is 0 Å². The number of aliphatic hydroxyl groups is 1. The van der Waals surface area contributed by atoms with Gasteiger partial charge in [0, 0.05) is 19.1 Å². The highest BCUT2D eigenvalue weighted by Gasteiger charge is 2.21. The van der Waals surface area contributed by atoms with Crippen molar-refractivity contribution in [3.63, 3.8) is 0 Å². The van der Waals surface area contributed by atoms with Crippen LogP contribution in [0.2, 0.25) is 0 Å². The Morgan fingerprint density at radius 2 is 1.72 bits per heavy atom. The molecule has 1 rings (SSSR count). The number of nitrogens with one attached hydrogen (secondary N) is 1. The SMILES string of the molecule is CCN(CC)CCNC(CO)C1CCCCCC1. The van der Waals surface area contributed by atoms with Gasteiger partial charge in [0.05, 0.1) is 6.61 Å². The topological polar surface area (TPSA) is 35.5 Å². The standard InChI is InChI=1S/C15H32N2O/c1-3-17(4-2)12-11-16-15(13-18)14-9-7-5-6-8-10-14/h14-16,18H,3-13H2,1-2H3. The van der Waals surface area contributed by atoms with Crippen LogP contribution in [-0.4, -0.2) is 48.8 Å². The van der Waals surface area contributed by atoms with Crippen LogP contribution < -0.4 is 5.32 Å². The van der Waals surface area contributed by atoms with E-state index in [4.69, 9.17) is 0 Å². The van der Waals surface area contributed by atoms with Gasteiger partial charge in [0.15, 0.2) is 0 Å². The zero-order valence-corrected chi connectivity index (χ0v) is 12.3. The molecule has 0 aromatic rings. The highest BCUT2D eigenvalue weighted by atomic mass is 16.3. The normalized spacial score (nSPS) is 20.0. The summed E-state index contributed by atoms with van der Waals surface area (Å²) >= 11 is 0. The Morgan fingerprint density at radius 3 is 2.22 bits per heavy atom. The van der Waals surface area contributed by atoms with Crippen LogP contribution in [0.15, 0.2) is 0 Å². The third-order valence-corrected chi connectivity index (χ3v) is 4.39. The van der Waals surface area contributed by atoms with Gasteiger partial charge in [0.25, 0.3) is 0 Å². The minimum absolute atomic E-state index is 0.295. The maximum absolute atomic E-state index is 9.57. The molecule has 0 heterocycles. The zero-order chi connectivity index (χ0) is 13.2. The molecule has 3 nitrogen and oxygen atoms in total. The first kappa shape index (κ1) is 15.9. The van der Waals surface area contributed by atoms with Crippen molar-refractivity contribution >= 4 is 0 Å². The predicted octanol–water partition coefficient (Wildman–Crippen LogP) is 2.25. The van der Waals surface area contributed by atoms with Crippen LogP contribution in [0.25, 0.3) is 0 Å². The number of hydrogen-bond donors (Lipinski definition) is 2. The van der Waals surface area contributed by atoms with Gasteiger partial charge in [-0.3, -0.25) is 0 Å². The van der Waals surface area contributed by atoms with E-state index < -0.39 is 0 Å². The summed E-state index contributed by atoms with van der Waals surface area (Å²) in [5.74, 6) is 0.689. The summed E-state index contributed by atoms with van der Waals surface area (Å²) in [6.45, 7) is 9.04. The molecule has 0 aliphatic heterocycles. The molecule has 0 amide bonds. The number of nitrogens with zero attached hydrogens (tertiary/aromatic N) is 1. The predicted molar refractivity (Wildman–Crippen MR) is 77.9 cm³/mol. The van der Waals surface area contributed by atoms with E-state index in [9.17, 15) is 5.11 Å². The first-order valence-electron chi connectivity index (χ1n) is 7.88. The van der Waals surface area contributed by atoms with Crippen molar-refractivity contribution in [2.75, 3.05) is 32.8 Å². The van der Waals surface area contributed by atoms with Gasteiger partial charge in [-0.25, -0.2) is 0 Å². The van der Waals surface area contributed by atoms with Crippen molar-refractivity contribution in [3.05, 3.63) is 0 Å². The molecule has 0 bridgehead atoms. The van der Waals surface area contributed by atoms with Crippen LogP contribution in [0, 0.1) is 5.92 Å². The van der Waals surface area contributed by atoms with Gasteiger partial charge < -0.3 is 15.3 Å². The first-order valence-corrected chi connectivity index (χ1v) is 7.88. The highest BCUT2D eigenvalue weighted by Crippen LogP contribution is 2.25. The Kier molecular flexibility index (Phi) is 8.64. The number of likely N-dealkylation sites (N-methyl/N-ethyl adjacent to an activating group) is 1. The molecule has 1 atom stereocenters. The van der Waals surface area contributed by atoms with E-state index in [2.05, 4.69) is 24.1 Å². The molecule has 0 saturated heterocycles. The lowest BCUT2D eigenvalue weighted by molar-refractivity contribution is 0.181. The summed E-state index contributed by atoms with van der Waals surface area (Å²) in [5, 5.41) is 13.1. The van der Waals surface area contributed by atoms with Crippen LogP contribution in [-0.2, 0) is 0 Å². The Morgan fingerprint density at radius 1 is 1.11 bits per heavy atom. The van der Waals surface area contributed by atoms with Gasteiger partial charge in [-0.2, -0.15) is 0 Å². The van der Waals surface area contributed by atoms with Crippen LogP contribution >= 0.6 is 0 Å². The molecule has 0 aromatic carbocycles. The van der Waals surface area contributed by atoms with E-state index >= 15 is 0 Å². The molecule has 1 aliphatic carbocycles. The second kappa shape index (κ2) is 9.76. The molecule has 2 N–H and O–H groups in total. The summed E-state index contributed by atoms with van der Waals surface area (Å²) < 4.78 is 0. The van der Waals surface area contributed by atoms with Crippen molar-refractivity contribution in [2.24, 2.45) is 5.92 Å². The van der Waals surface area contributed by atoms with E-state index in [1.807, 2.05) is 0 Å². The summed E-state index contributed by atoms with van der Waals surface area (Å²) in [6.07, 6.45) is 8.05. The van der Waals surface area contributed by atoms with E-state index in [1.165, 1.54) is 38.5 Å². The fourth-order valence-corrected chi connectivity index (χ4v) is 3.04. The van der Waals surface area contributed by atoms with Gasteiger partial charge in [-0.15, -0.1) is 0 Å². The average Bonchev–Trinajstić information content (AvgIpc) is 2.68. The van der Waals surface area contributed by atoms with Crippen molar-refractivity contribution < 1.29 is 5.11 Å². The van der Waals surface area contributed by atoms with Crippen molar-refractivity contribution in [1.82, 2.24) is 10.2 Å². The largest absolute Gasteiger partial charge is 0.395 e. The molecule has 108 valence electrons. The fourth-order valence-electron chi connectivity index (χ4n) is 3.04. The first-order chi connectivity index (χ1) is 8.81. The summed E-state index contributed by atoms with van der Waals surface area (Å²) in [5.41, 5.74) is 0. The highest BCUT2D eigenvalue weighted by molar-refractivity contribution is 4.78. The summed E-state index contributed by atoms with van der Waals surface area (Å²) in [6, 6.07) is 0.318. The van der Waals surface area contributed by atoms with Gasteiger partial charge in [-0.05, 0) is 31.8 Å². The molecule has 3 heteroatoms. The average molecular weight is 256 g/mol. The minimum atomic E-state index is 0.295. The number of rotatable bonds is 8. The maximum Gasteiger partial charge on any atom is 0.0587 e. The van der Waals surface area contributed by atoms with Crippen LogP contribution in [0.4, 0.5) is 0 Å². The zero-order valence-electron chi connectivity index (χ0n) is 12.3. The minimum Gasteiger partial charge on any atom is -0.395 e. The fraction of sp³-hybridized carbons (Fsp3) is 1.00. The maximum atomic E-state index is 9.57. The molecule has 18 heavy (non-hydrogen) atoms. The lowest BCUT2D eigenvalue weighted by Crippen LogP contribution is -2.43. The van der Waals surface area contributed by atoms with E-state index in [-0.39, 0.29) is 0 Å². The lowest BCUT2D eigenvalue weighted by atomic mass is 9.92. The van der Waals surface area contributed by atoms with E-state index in [0.29, 0.717) is 18.6 Å². The van der Waals surface area contributed by atoms with Crippen molar-refractivity contribution in [1.29, 1.82) is 0 Å². The molecule has 1 fully saturated rings. The quantitative estimate of drug-likeness (QED) is 0.654. The Bertz CT molecular complexity index is 187. The third kappa shape index (κ3) is 5.68. The van der Waals surface area contributed by atoms with Gasteiger partial charge in [0.1, 0.15) is 0 Å². The molecule has 0 radical (unpaired) electrons. The number of hydrogen-bond acceptors (Lipinski definition) is 3. The van der Waals surface area contributed by atoms with Gasteiger partial charge in [0.2, 0.25) is 0 Å². The van der Waals surface area contributed by atoms with Gasteiger partial charge >= 0.3 is 0 Å². The molecule has 1 aliphatic rings. The molecule has 0 aromatic heterocycles. The van der Waals surface area contributed by atoms with Gasteiger partial charge in [-0.1, -0.05) is 39.5 Å².